The third-order valence-electron chi connectivity index (χ3n) is 3.90. The summed E-state index contributed by atoms with van der Waals surface area (Å²) in [6.45, 7) is 4.97. The van der Waals surface area contributed by atoms with Crippen molar-refractivity contribution in [3.05, 3.63) is 47.4 Å². The first-order valence-electron chi connectivity index (χ1n) is 7.30. The van der Waals surface area contributed by atoms with E-state index in [1.165, 1.54) is 10.9 Å². The molecule has 0 spiro atoms. The molecular weight excluding hydrogens is 262 g/mol. The molecule has 2 heterocycles. The molecule has 2 N–H and O–H groups in total. The molecule has 0 aliphatic carbocycles. The highest BCUT2D eigenvalue weighted by molar-refractivity contribution is 5.82. The second kappa shape index (κ2) is 5.33. The lowest BCUT2D eigenvalue weighted by molar-refractivity contribution is 0.640. The fourth-order valence-electron chi connectivity index (χ4n) is 2.89. The van der Waals surface area contributed by atoms with Gasteiger partial charge >= 0.3 is 0 Å². The van der Waals surface area contributed by atoms with E-state index in [0.717, 1.165) is 29.9 Å². The monoisotopic (exact) mass is 283 g/mol. The van der Waals surface area contributed by atoms with Crippen LogP contribution in [0.15, 0.2) is 30.5 Å². The van der Waals surface area contributed by atoms with Crippen molar-refractivity contribution < 1.29 is 0 Å². The minimum Gasteiger partial charge on any atom is -0.324 e. The molecule has 2 aromatic heterocycles. The highest BCUT2D eigenvalue weighted by Crippen LogP contribution is 2.24. The van der Waals surface area contributed by atoms with Gasteiger partial charge in [0.15, 0.2) is 0 Å². The lowest BCUT2D eigenvalue weighted by Crippen LogP contribution is -2.14. The standard InChI is InChI=1S/C16H21N5/c1-4-21-16-8-6-5-7-12(16)15(19-21)9-14(17)13-10-20(3)18-11(13)2/h5-8,10,14H,4,9,17H2,1-3H3. The summed E-state index contributed by atoms with van der Waals surface area (Å²) in [6.07, 6.45) is 2.72. The maximum Gasteiger partial charge on any atom is 0.0722 e. The van der Waals surface area contributed by atoms with Gasteiger partial charge in [0.05, 0.1) is 16.9 Å². The van der Waals surface area contributed by atoms with Crippen LogP contribution in [0.5, 0.6) is 0 Å². The Kier molecular flexibility index (Phi) is 3.51. The number of rotatable bonds is 4. The molecule has 0 saturated heterocycles. The summed E-state index contributed by atoms with van der Waals surface area (Å²) >= 11 is 0. The summed E-state index contributed by atoms with van der Waals surface area (Å²) in [7, 11) is 1.92. The quantitative estimate of drug-likeness (QED) is 0.799. The van der Waals surface area contributed by atoms with E-state index in [2.05, 4.69) is 24.2 Å². The van der Waals surface area contributed by atoms with Crippen molar-refractivity contribution in [1.82, 2.24) is 19.6 Å². The Bertz CT molecular complexity index is 768. The van der Waals surface area contributed by atoms with Crippen LogP contribution in [0.1, 0.15) is 29.9 Å². The Morgan fingerprint density at radius 2 is 2.00 bits per heavy atom. The maximum atomic E-state index is 6.38. The van der Waals surface area contributed by atoms with Gasteiger partial charge in [-0.25, -0.2) is 0 Å². The molecule has 0 amide bonds. The molecular formula is C16H21N5. The number of hydrogen-bond donors (Lipinski definition) is 1. The van der Waals surface area contributed by atoms with Crippen LogP contribution in [0.4, 0.5) is 0 Å². The van der Waals surface area contributed by atoms with Crippen molar-refractivity contribution in [3.8, 4) is 0 Å². The van der Waals surface area contributed by atoms with Crippen molar-refractivity contribution in [2.75, 3.05) is 0 Å². The van der Waals surface area contributed by atoms with E-state index < -0.39 is 0 Å². The summed E-state index contributed by atoms with van der Waals surface area (Å²) < 4.78 is 3.85. The van der Waals surface area contributed by atoms with Crippen molar-refractivity contribution in [2.24, 2.45) is 12.8 Å². The Balaban J connectivity index is 1.96. The minimum absolute atomic E-state index is 0.0812. The van der Waals surface area contributed by atoms with E-state index in [-0.39, 0.29) is 6.04 Å². The molecule has 1 atom stereocenters. The fourth-order valence-corrected chi connectivity index (χ4v) is 2.89. The summed E-state index contributed by atoms with van der Waals surface area (Å²) in [6, 6.07) is 8.24. The highest BCUT2D eigenvalue weighted by Gasteiger charge is 2.17. The van der Waals surface area contributed by atoms with Crippen LogP contribution in [0.2, 0.25) is 0 Å². The van der Waals surface area contributed by atoms with Gasteiger partial charge in [-0.1, -0.05) is 18.2 Å². The van der Waals surface area contributed by atoms with Crippen molar-refractivity contribution in [1.29, 1.82) is 0 Å². The van der Waals surface area contributed by atoms with Crippen LogP contribution in [-0.2, 0) is 20.0 Å². The zero-order chi connectivity index (χ0) is 15.0. The predicted molar refractivity (Wildman–Crippen MR) is 84.0 cm³/mol. The first-order valence-corrected chi connectivity index (χ1v) is 7.30. The van der Waals surface area contributed by atoms with E-state index in [1.54, 1.807) is 0 Å². The van der Waals surface area contributed by atoms with Gasteiger partial charge in [0.25, 0.3) is 0 Å². The first kappa shape index (κ1) is 13.8. The van der Waals surface area contributed by atoms with E-state index in [4.69, 9.17) is 10.8 Å². The number of hydrogen-bond acceptors (Lipinski definition) is 3. The molecule has 3 rings (SSSR count). The van der Waals surface area contributed by atoms with E-state index in [0.29, 0.717) is 0 Å². The molecule has 0 bridgehead atoms. The van der Waals surface area contributed by atoms with Crippen molar-refractivity contribution in [3.63, 3.8) is 0 Å². The Morgan fingerprint density at radius 3 is 2.67 bits per heavy atom. The van der Waals surface area contributed by atoms with Crippen LogP contribution in [0, 0.1) is 6.92 Å². The number of para-hydroxylation sites is 1. The van der Waals surface area contributed by atoms with Gasteiger partial charge in [-0.05, 0) is 19.9 Å². The molecule has 110 valence electrons. The van der Waals surface area contributed by atoms with Gasteiger partial charge in [-0.3, -0.25) is 9.36 Å². The molecule has 0 radical (unpaired) electrons. The van der Waals surface area contributed by atoms with Crippen molar-refractivity contribution in [2.45, 2.75) is 32.9 Å². The summed E-state index contributed by atoms with van der Waals surface area (Å²) in [5, 5.41) is 10.3. The molecule has 0 saturated carbocycles. The van der Waals surface area contributed by atoms with Crippen LogP contribution in [0.25, 0.3) is 10.9 Å². The lowest BCUT2D eigenvalue weighted by atomic mass is 10.0. The Labute approximate surface area is 124 Å². The number of nitrogens with zero attached hydrogens (tertiary/aromatic N) is 4. The molecule has 1 aromatic carbocycles. The number of aromatic nitrogens is 4. The minimum atomic E-state index is -0.0812. The first-order chi connectivity index (χ1) is 10.1. The number of fused-ring (bicyclic) bond motifs is 1. The molecule has 3 aromatic rings. The summed E-state index contributed by atoms with van der Waals surface area (Å²) in [4.78, 5) is 0. The normalized spacial score (nSPS) is 13.0. The second-order valence-electron chi connectivity index (χ2n) is 5.43. The van der Waals surface area contributed by atoms with Gasteiger partial charge in [-0.2, -0.15) is 10.2 Å². The Morgan fingerprint density at radius 1 is 1.24 bits per heavy atom. The maximum absolute atomic E-state index is 6.38. The van der Waals surface area contributed by atoms with Gasteiger partial charge < -0.3 is 5.73 Å². The van der Waals surface area contributed by atoms with Crippen LogP contribution >= 0.6 is 0 Å². The van der Waals surface area contributed by atoms with Crippen molar-refractivity contribution >= 4 is 10.9 Å². The van der Waals surface area contributed by atoms with E-state index >= 15 is 0 Å². The Hall–Kier alpha value is -2.14. The third kappa shape index (κ3) is 2.45. The van der Waals surface area contributed by atoms with Crippen LogP contribution in [-0.4, -0.2) is 19.6 Å². The average Bonchev–Trinajstić information content (AvgIpc) is 2.99. The number of nitrogens with two attached hydrogens (primary N) is 1. The smallest absolute Gasteiger partial charge is 0.0722 e. The zero-order valence-electron chi connectivity index (χ0n) is 12.7. The van der Waals surface area contributed by atoms with Gasteiger partial charge in [0.2, 0.25) is 0 Å². The molecule has 21 heavy (non-hydrogen) atoms. The van der Waals surface area contributed by atoms with E-state index in [1.807, 2.05) is 41.7 Å². The second-order valence-corrected chi connectivity index (χ2v) is 5.43. The highest BCUT2D eigenvalue weighted by atomic mass is 15.3. The molecule has 0 fully saturated rings. The predicted octanol–water partition coefficient (Wildman–Crippen LogP) is 2.34. The largest absolute Gasteiger partial charge is 0.324 e. The number of aryl methyl sites for hydroxylation is 3. The topological polar surface area (TPSA) is 61.7 Å². The SMILES string of the molecule is CCn1nc(CC(N)c2cn(C)nc2C)c2ccccc21. The van der Waals surface area contributed by atoms with Crippen LogP contribution in [0.3, 0.4) is 0 Å². The molecule has 0 aliphatic heterocycles. The average molecular weight is 283 g/mol. The lowest BCUT2D eigenvalue weighted by Gasteiger charge is -2.09. The fraction of sp³-hybridized carbons (Fsp3) is 0.375. The summed E-state index contributed by atoms with van der Waals surface area (Å²) in [5.74, 6) is 0. The third-order valence-corrected chi connectivity index (χ3v) is 3.90. The summed E-state index contributed by atoms with van der Waals surface area (Å²) in [5.41, 5.74) is 10.7. The van der Waals surface area contributed by atoms with Crippen LogP contribution < -0.4 is 5.73 Å². The zero-order valence-corrected chi connectivity index (χ0v) is 12.7. The van der Waals surface area contributed by atoms with Gasteiger partial charge in [0.1, 0.15) is 0 Å². The van der Waals surface area contributed by atoms with E-state index in [9.17, 15) is 0 Å². The molecule has 5 nitrogen and oxygen atoms in total. The number of benzene rings is 1. The van der Waals surface area contributed by atoms with Gasteiger partial charge in [0, 0.05) is 43.2 Å². The molecule has 1 unspecified atom stereocenters. The van der Waals surface area contributed by atoms with Gasteiger partial charge in [-0.15, -0.1) is 0 Å². The molecule has 0 aliphatic rings. The molecule has 5 heteroatoms.